The van der Waals surface area contributed by atoms with Crippen LogP contribution >= 0.6 is 0 Å². The van der Waals surface area contributed by atoms with Crippen molar-refractivity contribution in [1.82, 2.24) is 15.1 Å². The lowest BCUT2D eigenvalue weighted by molar-refractivity contribution is -0.0134. The van der Waals surface area contributed by atoms with Crippen molar-refractivity contribution >= 4 is 0 Å². The van der Waals surface area contributed by atoms with Crippen molar-refractivity contribution in [3.05, 3.63) is 0 Å². The molecule has 2 bridgehead atoms. The summed E-state index contributed by atoms with van der Waals surface area (Å²) in [5, 5.41) is 3.48. The smallest absolute Gasteiger partial charge is 0.0389 e. The zero-order valence-electron chi connectivity index (χ0n) is 6.79. The maximum absolute atomic E-state index is 3.48. The molecule has 1 N–H and O–H groups in total. The molecule has 4 saturated heterocycles. The summed E-state index contributed by atoms with van der Waals surface area (Å²) in [6, 6.07) is 1.69. The van der Waals surface area contributed by atoms with E-state index >= 15 is 0 Å². The van der Waals surface area contributed by atoms with Crippen molar-refractivity contribution < 1.29 is 0 Å². The second-order valence-electron chi connectivity index (χ2n) is 3.86. The first-order chi connectivity index (χ1) is 5.45. The highest BCUT2D eigenvalue weighted by atomic mass is 15.4. The van der Waals surface area contributed by atoms with Crippen molar-refractivity contribution in [3.63, 3.8) is 0 Å². The van der Waals surface area contributed by atoms with Gasteiger partial charge in [-0.15, -0.1) is 0 Å². The van der Waals surface area contributed by atoms with Crippen LogP contribution < -0.4 is 5.32 Å². The van der Waals surface area contributed by atoms with E-state index in [0.29, 0.717) is 0 Å². The van der Waals surface area contributed by atoms with E-state index in [1.807, 2.05) is 0 Å². The number of hydrogen-bond acceptors (Lipinski definition) is 3. The number of hydrogen-bond donors (Lipinski definition) is 1. The Hall–Kier alpha value is -0.120. The highest BCUT2D eigenvalue weighted by Crippen LogP contribution is 2.24. The minimum Gasteiger partial charge on any atom is -0.313 e. The number of piperazine rings is 3. The minimum atomic E-state index is 0.845. The Bertz CT molecular complexity index is 145. The van der Waals surface area contributed by atoms with Gasteiger partial charge < -0.3 is 5.32 Å². The summed E-state index contributed by atoms with van der Waals surface area (Å²) < 4.78 is 0. The van der Waals surface area contributed by atoms with Crippen LogP contribution in [0.2, 0.25) is 0 Å². The minimum absolute atomic E-state index is 0.845. The van der Waals surface area contributed by atoms with Gasteiger partial charge in [0.15, 0.2) is 0 Å². The second-order valence-corrected chi connectivity index (χ2v) is 3.86. The van der Waals surface area contributed by atoms with Gasteiger partial charge in [0, 0.05) is 51.4 Å². The van der Waals surface area contributed by atoms with Crippen LogP contribution in [-0.2, 0) is 0 Å². The standard InChI is InChI=1S/C8H15N3/c1-2-11-4-3-10(1)7-5-9-6-8(7)11/h7-9H,1-6H2/t7-,8-/m1/s1. The van der Waals surface area contributed by atoms with E-state index in [4.69, 9.17) is 0 Å². The SMILES string of the molecule is C1NC[C@@H]2[C@@H]1N1CCN2CC1. The highest BCUT2D eigenvalue weighted by Gasteiger charge is 2.42. The van der Waals surface area contributed by atoms with Crippen LogP contribution in [0.3, 0.4) is 0 Å². The van der Waals surface area contributed by atoms with Crippen LogP contribution in [-0.4, -0.2) is 61.2 Å². The number of rotatable bonds is 0. The van der Waals surface area contributed by atoms with Gasteiger partial charge in [0.25, 0.3) is 0 Å². The Morgan fingerprint density at radius 2 is 1.27 bits per heavy atom. The molecule has 4 aliphatic heterocycles. The summed E-state index contributed by atoms with van der Waals surface area (Å²) in [4.78, 5) is 5.31. The number of fused-ring (bicyclic) bond motifs is 2. The molecule has 4 heterocycles. The van der Waals surface area contributed by atoms with E-state index < -0.39 is 0 Å². The third-order valence-electron chi connectivity index (χ3n) is 3.44. The van der Waals surface area contributed by atoms with Gasteiger partial charge in [-0.25, -0.2) is 0 Å². The molecule has 0 aromatic heterocycles. The second kappa shape index (κ2) is 2.19. The van der Waals surface area contributed by atoms with Gasteiger partial charge in [0.05, 0.1) is 0 Å². The van der Waals surface area contributed by atoms with Crippen molar-refractivity contribution in [2.75, 3.05) is 39.3 Å². The van der Waals surface area contributed by atoms with E-state index in [2.05, 4.69) is 15.1 Å². The van der Waals surface area contributed by atoms with Crippen LogP contribution in [0.25, 0.3) is 0 Å². The molecule has 4 aliphatic rings. The quantitative estimate of drug-likeness (QED) is 0.479. The predicted octanol–water partition coefficient (Wildman–Crippen LogP) is -1.04. The van der Waals surface area contributed by atoms with Crippen LogP contribution in [0.5, 0.6) is 0 Å². The molecule has 0 spiro atoms. The molecule has 2 atom stereocenters. The Labute approximate surface area is 67.3 Å². The molecular formula is C8H15N3. The predicted molar refractivity (Wildman–Crippen MR) is 43.6 cm³/mol. The average Bonchev–Trinajstić information content (AvgIpc) is 2.55. The molecule has 0 amide bonds. The first-order valence-corrected chi connectivity index (χ1v) is 4.64. The summed E-state index contributed by atoms with van der Waals surface area (Å²) in [6.45, 7) is 7.68. The van der Waals surface area contributed by atoms with E-state index in [9.17, 15) is 0 Å². The Morgan fingerprint density at radius 3 is 1.73 bits per heavy atom. The number of nitrogens with one attached hydrogen (secondary N) is 1. The van der Waals surface area contributed by atoms with Gasteiger partial charge in [0.2, 0.25) is 0 Å². The molecule has 0 aliphatic carbocycles. The summed E-state index contributed by atoms with van der Waals surface area (Å²) in [5.41, 5.74) is 0. The molecule has 0 saturated carbocycles. The van der Waals surface area contributed by atoms with Crippen LogP contribution in [0.4, 0.5) is 0 Å². The van der Waals surface area contributed by atoms with Gasteiger partial charge in [-0.2, -0.15) is 0 Å². The van der Waals surface area contributed by atoms with Crippen molar-refractivity contribution in [1.29, 1.82) is 0 Å². The molecular weight excluding hydrogens is 138 g/mol. The molecule has 62 valence electrons. The monoisotopic (exact) mass is 153 g/mol. The van der Waals surface area contributed by atoms with Crippen LogP contribution in [0.1, 0.15) is 0 Å². The first kappa shape index (κ1) is 6.40. The summed E-state index contributed by atoms with van der Waals surface area (Å²) in [6.07, 6.45) is 0. The fraction of sp³-hybridized carbons (Fsp3) is 1.00. The lowest BCUT2D eigenvalue weighted by Crippen LogP contribution is -2.65. The molecule has 3 nitrogen and oxygen atoms in total. The normalized spacial score (nSPS) is 54.5. The molecule has 4 fully saturated rings. The Balaban J connectivity index is 1.89. The fourth-order valence-electron chi connectivity index (χ4n) is 2.80. The number of nitrogens with zero attached hydrogens (tertiary/aromatic N) is 2. The molecule has 0 aromatic rings. The Morgan fingerprint density at radius 1 is 0.818 bits per heavy atom. The summed E-state index contributed by atoms with van der Waals surface area (Å²) in [7, 11) is 0. The topological polar surface area (TPSA) is 18.5 Å². The maximum Gasteiger partial charge on any atom is 0.0389 e. The van der Waals surface area contributed by atoms with Crippen LogP contribution in [0, 0.1) is 0 Å². The third kappa shape index (κ3) is 0.789. The molecule has 4 rings (SSSR count). The molecule has 0 unspecified atom stereocenters. The molecule has 0 radical (unpaired) electrons. The molecule has 11 heavy (non-hydrogen) atoms. The maximum atomic E-state index is 3.48. The van der Waals surface area contributed by atoms with E-state index in [-0.39, 0.29) is 0 Å². The van der Waals surface area contributed by atoms with Gasteiger partial charge >= 0.3 is 0 Å². The lowest BCUT2D eigenvalue weighted by atomic mass is 10.0. The van der Waals surface area contributed by atoms with E-state index in [1.165, 1.54) is 39.3 Å². The van der Waals surface area contributed by atoms with E-state index in [0.717, 1.165) is 12.1 Å². The van der Waals surface area contributed by atoms with Crippen LogP contribution in [0.15, 0.2) is 0 Å². The zero-order chi connectivity index (χ0) is 7.26. The van der Waals surface area contributed by atoms with Crippen molar-refractivity contribution in [3.8, 4) is 0 Å². The summed E-state index contributed by atoms with van der Waals surface area (Å²) in [5.74, 6) is 0. The van der Waals surface area contributed by atoms with Gasteiger partial charge in [-0.05, 0) is 0 Å². The zero-order valence-corrected chi connectivity index (χ0v) is 6.79. The third-order valence-corrected chi connectivity index (χ3v) is 3.44. The largest absolute Gasteiger partial charge is 0.313 e. The van der Waals surface area contributed by atoms with E-state index in [1.54, 1.807) is 0 Å². The van der Waals surface area contributed by atoms with Gasteiger partial charge in [0.1, 0.15) is 0 Å². The summed E-state index contributed by atoms with van der Waals surface area (Å²) >= 11 is 0. The Kier molecular flexibility index (Phi) is 1.27. The molecule has 0 aromatic carbocycles. The highest BCUT2D eigenvalue weighted by molar-refractivity contribution is 5.02. The van der Waals surface area contributed by atoms with Crippen molar-refractivity contribution in [2.45, 2.75) is 12.1 Å². The lowest BCUT2D eigenvalue weighted by Gasteiger charge is -2.50. The van der Waals surface area contributed by atoms with Crippen molar-refractivity contribution in [2.24, 2.45) is 0 Å². The molecule has 3 heteroatoms. The first-order valence-electron chi connectivity index (χ1n) is 4.64. The average molecular weight is 153 g/mol. The fourth-order valence-corrected chi connectivity index (χ4v) is 2.80. The van der Waals surface area contributed by atoms with Gasteiger partial charge in [-0.3, -0.25) is 9.80 Å². The van der Waals surface area contributed by atoms with Gasteiger partial charge in [-0.1, -0.05) is 0 Å².